The average molecular weight is 356 g/mol. The fraction of sp³-hybridized carbons (Fsp3) is 0.526. The Bertz CT molecular complexity index is 1030. The molecular weight excluding hydrogens is 332 g/mol. The largest absolute Gasteiger partial charge is 0.463 e. The Labute approximate surface area is 151 Å². The highest BCUT2D eigenvalue weighted by Crippen LogP contribution is 2.24. The van der Waals surface area contributed by atoms with E-state index < -0.39 is 6.04 Å². The van der Waals surface area contributed by atoms with Crippen LogP contribution in [0.1, 0.15) is 39.1 Å². The number of furan rings is 1. The van der Waals surface area contributed by atoms with Crippen molar-refractivity contribution in [1.29, 1.82) is 0 Å². The molecule has 3 unspecified atom stereocenters. The van der Waals surface area contributed by atoms with Crippen molar-refractivity contribution < 1.29 is 9.21 Å². The van der Waals surface area contributed by atoms with Crippen molar-refractivity contribution in [3.8, 4) is 0 Å². The van der Waals surface area contributed by atoms with Gasteiger partial charge in [0.25, 0.3) is 5.56 Å². The molecule has 1 saturated heterocycles. The lowest BCUT2D eigenvalue weighted by Crippen LogP contribution is -2.47. The minimum Gasteiger partial charge on any atom is -0.463 e. The molecular formula is C19H24N4O3. The third-order valence-corrected chi connectivity index (χ3v) is 5.33. The smallest absolute Gasteiger partial charge is 0.291 e. The van der Waals surface area contributed by atoms with Gasteiger partial charge in [0.05, 0.1) is 11.8 Å². The molecule has 0 N–H and O–H groups in total. The van der Waals surface area contributed by atoms with Gasteiger partial charge in [0.15, 0.2) is 5.58 Å². The predicted molar refractivity (Wildman–Crippen MR) is 98.2 cm³/mol. The quantitative estimate of drug-likeness (QED) is 0.707. The molecule has 4 heterocycles. The summed E-state index contributed by atoms with van der Waals surface area (Å²) in [5, 5.41) is 4.43. The number of aromatic nitrogens is 3. The van der Waals surface area contributed by atoms with Gasteiger partial charge >= 0.3 is 0 Å². The van der Waals surface area contributed by atoms with Gasteiger partial charge in [0, 0.05) is 25.2 Å². The molecule has 0 spiro atoms. The topological polar surface area (TPSA) is 72.8 Å². The number of likely N-dealkylation sites (tertiary alicyclic amines) is 1. The number of nitrogens with zero attached hydrogens (tertiary/aromatic N) is 4. The van der Waals surface area contributed by atoms with E-state index >= 15 is 0 Å². The summed E-state index contributed by atoms with van der Waals surface area (Å²) in [6, 6.07) is 2.89. The molecule has 0 aromatic carbocycles. The average Bonchev–Trinajstić information content (AvgIpc) is 3.17. The number of hydrogen-bond acceptors (Lipinski definition) is 4. The van der Waals surface area contributed by atoms with Crippen molar-refractivity contribution in [2.45, 2.75) is 40.2 Å². The Morgan fingerprint density at radius 2 is 1.96 bits per heavy atom. The summed E-state index contributed by atoms with van der Waals surface area (Å²) in [4.78, 5) is 27.9. The molecule has 4 rings (SSSR count). The number of hydrogen-bond donors (Lipinski definition) is 0. The third kappa shape index (κ3) is 2.53. The first-order valence-electron chi connectivity index (χ1n) is 9.13. The maximum absolute atomic E-state index is 13.0. The molecule has 1 aliphatic heterocycles. The van der Waals surface area contributed by atoms with E-state index in [9.17, 15) is 9.59 Å². The van der Waals surface area contributed by atoms with Crippen molar-refractivity contribution in [3.63, 3.8) is 0 Å². The lowest BCUT2D eigenvalue weighted by Gasteiger charge is -2.36. The van der Waals surface area contributed by atoms with Crippen molar-refractivity contribution in [3.05, 3.63) is 34.6 Å². The van der Waals surface area contributed by atoms with Crippen molar-refractivity contribution in [2.24, 2.45) is 11.8 Å². The molecule has 3 aromatic heterocycles. The first-order valence-corrected chi connectivity index (χ1v) is 9.13. The van der Waals surface area contributed by atoms with Gasteiger partial charge in [-0.15, -0.1) is 0 Å². The highest BCUT2D eigenvalue weighted by atomic mass is 16.3. The highest BCUT2D eigenvalue weighted by Gasteiger charge is 2.30. The molecule has 3 aromatic rings. The maximum atomic E-state index is 13.0. The Morgan fingerprint density at radius 3 is 2.65 bits per heavy atom. The summed E-state index contributed by atoms with van der Waals surface area (Å²) in [7, 11) is 0. The third-order valence-electron chi connectivity index (χ3n) is 5.33. The van der Waals surface area contributed by atoms with Crippen LogP contribution >= 0.6 is 0 Å². The van der Waals surface area contributed by atoms with Crippen LogP contribution in [0.2, 0.25) is 0 Å². The van der Waals surface area contributed by atoms with E-state index in [1.54, 1.807) is 23.7 Å². The zero-order chi connectivity index (χ0) is 18.6. The van der Waals surface area contributed by atoms with Gasteiger partial charge in [-0.1, -0.05) is 13.8 Å². The minimum absolute atomic E-state index is 0.0445. The second-order valence-electron chi connectivity index (χ2n) is 7.70. The molecule has 0 radical (unpaired) electrons. The van der Waals surface area contributed by atoms with Crippen LogP contribution in [0.4, 0.5) is 0 Å². The van der Waals surface area contributed by atoms with Gasteiger partial charge in [-0.05, 0) is 32.1 Å². The molecule has 0 saturated carbocycles. The molecule has 3 atom stereocenters. The zero-order valence-electron chi connectivity index (χ0n) is 15.6. The molecule has 1 amide bonds. The summed E-state index contributed by atoms with van der Waals surface area (Å²) in [6.45, 7) is 9.39. The predicted octanol–water partition coefficient (Wildman–Crippen LogP) is 2.62. The van der Waals surface area contributed by atoms with Gasteiger partial charge in [0.1, 0.15) is 17.4 Å². The number of piperidine rings is 1. The summed E-state index contributed by atoms with van der Waals surface area (Å²) >= 11 is 0. The second-order valence-corrected chi connectivity index (χ2v) is 7.70. The molecule has 1 aliphatic rings. The van der Waals surface area contributed by atoms with E-state index in [0.717, 1.165) is 25.0 Å². The zero-order valence-corrected chi connectivity index (χ0v) is 15.6. The Hall–Kier alpha value is -2.57. The summed E-state index contributed by atoms with van der Waals surface area (Å²) in [6.07, 6.45) is 2.72. The van der Waals surface area contributed by atoms with E-state index in [4.69, 9.17) is 4.42 Å². The van der Waals surface area contributed by atoms with Crippen LogP contribution in [-0.2, 0) is 4.79 Å². The SMILES string of the molecule is Cc1nn(C(C)C(=O)N2CC(C)CC(C)C2)c(=O)c2cc3occc3n12. The van der Waals surface area contributed by atoms with Crippen LogP contribution in [0, 0.1) is 18.8 Å². The number of rotatable bonds is 2. The first kappa shape index (κ1) is 16.9. The molecule has 7 heteroatoms. The van der Waals surface area contributed by atoms with Gasteiger partial charge in [-0.3, -0.25) is 14.0 Å². The summed E-state index contributed by atoms with van der Waals surface area (Å²) in [5.74, 6) is 1.55. The van der Waals surface area contributed by atoms with E-state index in [1.165, 1.54) is 4.68 Å². The normalized spacial score (nSPS) is 22.2. The van der Waals surface area contributed by atoms with E-state index in [1.807, 2.05) is 17.9 Å². The summed E-state index contributed by atoms with van der Waals surface area (Å²) in [5.41, 5.74) is 1.65. The number of amides is 1. The molecule has 1 fully saturated rings. The fourth-order valence-electron chi connectivity index (χ4n) is 4.27. The van der Waals surface area contributed by atoms with Crippen molar-refractivity contribution in [1.82, 2.24) is 19.1 Å². The molecule has 0 aliphatic carbocycles. The van der Waals surface area contributed by atoms with Crippen molar-refractivity contribution in [2.75, 3.05) is 13.1 Å². The Morgan fingerprint density at radius 1 is 1.27 bits per heavy atom. The van der Waals surface area contributed by atoms with E-state index in [-0.39, 0.29) is 11.5 Å². The highest BCUT2D eigenvalue weighted by molar-refractivity contribution is 5.83. The molecule has 138 valence electrons. The number of fused-ring (bicyclic) bond motifs is 3. The minimum atomic E-state index is -0.634. The lowest BCUT2D eigenvalue weighted by atomic mass is 9.91. The van der Waals surface area contributed by atoms with Crippen LogP contribution in [-0.4, -0.2) is 38.1 Å². The summed E-state index contributed by atoms with van der Waals surface area (Å²) < 4.78 is 8.50. The van der Waals surface area contributed by atoms with E-state index in [0.29, 0.717) is 28.8 Å². The molecule has 7 nitrogen and oxygen atoms in total. The van der Waals surface area contributed by atoms with Gasteiger partial charge < -0.3 is 9.32 Å². The van der Waals surface area contributed by atoms with Crippen LogP contribution in [0.5, 0.6) is 0 Å². The Kier molecular flexibility index (Phi) is 3.89. The molecule has 26 heavy (non-hydrogen) atoms. The standard InChI is InChI=1S/C19H24N4O3/c1-11-7-12(2)10-21(9-11)18(24)13(3)23-19(25)16-8-17-15(5-6-26-17)22(16)14(4)20-23/h5-6,8,11-13H,7,9-10H2,1-4H3. The Balaban J connectivity index is 1.75. The van der Waals surface area contributed by atoms with E-state index in [2.05, 4.69) is 18.9 Å². The van der Waals surface area contributed by atoms with Crippen molar-refractivity contribution >= 4 is 22.5 Å². The second kappa shape index (κ2) is 6.00. The maximum Gasteiger partial charge on any atom is 0.291 e. The van der Waals surface area contributed by atoms with Gasteiger partial charge in [-0.2, -0.15) is 5.10 Å². The van der Waals surface area contributed by atoms with Gasteiger partial charge in [0.2, 0.25) is 5.91 Å². The number of carbonyl (C=O) groups excluding carboxylic acids is 1. The first-order chi connectivity index (χ1) is 12.4. The van der Waals surface area contributed by atoms with Crippen LogP contribution in [0.25, 0.3) is 16.6 Å². The molecule has 0 bridgehead atoms. The number of carbonyl (C=O) groups is 1. The van der Waals surface area contributed by atoms with Crippen LogP contribution < -0.4 is 5.56 Å². The number of aryl methyl sites for hydroxylation is 1. The van der Waals surface area contributed by atoms with Crippen LogP contribution in [0.15, 0.2) is 27.6 Å². The monoisotopic (exact) mass is 356 g/mol. The van der Waals surface area contributed by atoms with Crippen LogP contribution in [0.3, 0.4) is 0 Å². The fourth-order valence-corrected chi connectivity index (χ4v) is 4.27. The lowest BCUT2D eigenvalue weighted by molar-refractivity contribution is -0.137. The van der Waals surface area contributed by atoms with Gasteiger partial charge in [-0.25, -0.2) is 4.68 Å².